The lowest BCUT2D eigenvalue weighted by atomic mass is 9.56. The second-order valence-electron chi connectivity index (χ2n) is 12.5. The minimum absolute atomic E-state index is 0.00827. The summed E-state index contributed by atoms with van der Waals surface area (Å²) in [6, 6.07) is 3.99. The van der Waals surface area contributed by atoms with Gasteiger partial charge in [-0.2, -0.15) is 0 Å². The number of nitrogens with one attached hydrogen (secondary N) is 2. The predicted octanol–water partition coefficient (Wildman–Crippen LogP) is 3.48. The van der Waals surface area contributed by atoms with E-state index in [2.05, 4.69) is 29.4 Å². The first-order valence-corrected chi connectivity index (χ1v) is 12.6. The molecule has 7 aliphatic rings. The standard InChI is InChI=1S/C27H33N3O4/c1-23(2)10-12-33-20-17(34-23)8-7-16-19(20)28-22(32)27(16)14-25-15-30-11-6-5-9-26(30,21(31)29-25)13-18(25)24(27,3)4/h7-8,10,12,18H,5-6,9,11,13-15H2,1-4H3,(H,28,32)(H,29,31)/t18-,25?,26-,27+/m0/s1. The summed E-state index contributed by atoms with van der Waals surface area (Å²) in [5.41, 5.74) is -0.726. The molecule has 5 fully saturated rings. The van der Waals surface area contributed by atoms with Crippen LogP contribution in [0, 0.1) is 11.3 Å². The zero-order chi connectivity index (χ0) is 23.7. The fourth-order valence-corrected chi connectivity index (χ4v) is 8.51. The molecule has 34 heavy (non-hydrogen) atoms. The number of nitrogens with zero attached hydrogens (tertiary/aromatic N) is 1. The van der Waals surface area contributed by atoms with Crippen LogP contribution >= 0.6 is 0 Å². The van der Waals surface area contributed by atoms with E-state index >= 15 is 0 Å². The van der Waals surface area contributed by atoms with Gasteiger partial charge in [-0.25, -0.2) is 0 Å². The third kappa shape index (κ3) is 2.19. The molecule has 7 nitrogen and oxygen atoms in total. The third-order valence-corrected chi connectivity index (χ3v) is 10.1. The van der Waals surface area contributed by atoms with E-state index in [0.717, 1.165) is 44.3 Å². The minimum atomic E-state index is -0.746. The Morgan fingerprint density at radius 3 is 2.74 bits per heavy atom. The molecule has 0 radical (unpaired) electrons. The third-order valence-electron chi connectivity index (χ3n) is 10.1. The molecule has 180 valence electrons. The summed E-state index contributed by atoms with van der Waals surface area (Å²) in [6.07, 6.45) is 8.11. The molecule has 2 amide bonds. The highest BCUT2D eigenvalue weighted by atomic mass is 16.5. The summed E-state index contributed by atoms with van der Waals surface area (Å²) < 4.78 is 12.2. The minimum Gasteiger partial charge on any atom is -0.480 e. The van der Waals surface area contributed by atoms with Crippen molar-refractivity contribution in [1.29, 1.82) is 0 Å². The average Bonchev–Trinajstić information content (AvgIpc) is 3.07. The van der Waals surface area contributed by atoms with Gasteiger partial charge in [-0.3, -0.25) is 14.5 Å². The van der Waals surface area contributed by atoms with Gasteiger partial charge in [0.1, 0.15) is 11.1 Å². The Kier molecular flexibility index (Phi) is 3.66. The molecule has 1 saturated carbocycles. The lowest BCUT2D eigenvalue weighted by Crippen LogP contribution is -2.80. The van der Waals surface area contributed by atoms with Crippen molar-refractivity contribution in [3.05, 3.63) is 30.0 Å². The van der Waals surface area contributed by atoms with Gasteiger partial charge in [0.25, 0.3) is 0 Å². The maximum atomic E-state index is 14.0. The molecule has 4 saturated heterocycles. The molecule has 2 bridgehead atoms. The molecule has 4 atom stereocenters. The number of amides is 2. The topological polar surface area (TPSA) is 79.9 Å². The molecular weight excluding hydrogens is 430 g/mol. The van der Waals surface area contributed by atoms with Crippen LogP contribution in [0.4, 0.5) is 5.69 Å². The van der Waals surface area contributed by atoms with Gasteiger partial charge in [0, 0.05) is 6.54 Å². The predicted molar refractivity (Wildman–Crippen MR) is 127 cm³/mol. The smallest absolute Gasteiger partial charge is 0.241 e. The normalized spacial score (nSPS) is 40.3. The number of carbonyl (C=O) groups excluding carboxylic acids is 2. The van der Waals surface area contributed by atoms with Crippen LogP contribution in [0.2, 0.25) is 0 Å². The molecule has 7 heteroatoms. The van der Waals surface area contributed by atoms with Gasteiger partial charge in [0.2, 0.25) is 11.8 Å². The highest BCUT2D eigenvalue weighted by Crippen LogP contribution is 2.70. The van der Waals surface area contributed by atoms with Crippen molar-refractivity contribution in [2.45, 2.75) is 81.9 Å². The summed E-state index contributed by atoms with van der Waals surface area (Å²) in [5.74, 6) is 1.60. The van der Waals surface area contributed by atoms with Gasteiger partial charge in [-0.1, -0.05) is 19.9 Å². The Balaban J connectivity index is 1.39. The van der Waals surface area contributed by atoms with Crippen LogP contribution in [0.3, 0.4) is 0 Å². The number of ether oxygens (including phenoxy) is 2. The van der Waals surface area contributed by atoms with Crippen LogP contribution in [0.1, 0.15) is 65.4 Å². The zero-order valence-corrected chi connectivity index (χ0v) is 20.4. The van der Waals surface area contributed by atoms with E-state index in [9.17, 15) is 9.59 Å². The van der Waals surface area contributed by atoms with Crippen molar-refractivity contribution in [2.24, 2.45) is 11.3 Å². The van der Waals surface area contributed by atoms with Gasteiger partial charge >= 0.3 is 0 Å². The van der Waals surface area contributed by atoms with E-state index in [-0.39, 0.29) is 23.1 Å². The van der Waals surface area contributed by atoms with Crippen LogP contribution in [-0.2, 0) is 15.0 Å². The first kappa shape index (κ1) is 20.8. The summed E-state index contributed by atoms with van der Waals surface area (Å²) in [7, 11) is 0. The second-order valence-corrected chi connectivity index (χ2v) is 12.5. The Morgan fingerprint density at radius 2 is 1.91 bits per heavy atom. The Morgan fingerprint density at radius 1 is 1.09 bits per heavy atom. The Bertz CT molecular complexity index is 1190. The van der Waals surface area contributed by atoms with Crippen molar-refractivity contribution in [1.82, 2.24) is 10.2 Å². The van der Waals surface area contributed by atoms with Crippen LogP contribution < -0.4 is 20.1 Å². The summed E-state index contributed by atoms with van der Waals surface area (Å²) in [5, 5.41) is 6.70. The Labute approximate surface area is 200 Å². The van der Waals surface area contributed by atoms with Crippen LogP contribution in [0.5, 0.6) is 11.5 Å². The number of fused-ring (bicyclic) bond motifs is 5. The van der Waals surface area contributed by atoms with Crippen molar-refractivity contribution in [2.75, 3.05) is 18.4 Å². The number of carbonyl (C=O) groups is 2. The molecule has 6 aliphatic heterocycles. The lowest BCUT2D eigenvalue weighted by molar-refractivity contribution is -0.167. The molecule has 1 aliphatic carbocycles. The van der Waals surface area contributed by atoms with Gasteiger partial charge in [0.15, 0.2) is 11.5 Å². The number of piperidine rings is 3. The number of benzene rings is 1. The van der Waals surface area contributed by atoms with E-state index in [1.165, 1.54) is 0 Å². The fraction of sp³-hybridized carbons (Fsp3) is 0.630. The average molecular weight is 464 g/mol. The largest absolute Gasteiger partial charge is 0.480 e. The number of hydrogen-bond acceptors (Lipinski definition) is 5. The van der Waals surface area contributed by atoms with Crippen LogP contribution in [0.25, 0.3) is 0 Å². The van der Waals surface area contributed by atoms with E-state index < -0.39 is 22.1 Å². The SMILES string of the molecule is CC1(C)C=COc2c(ccc3c2NC(=O)[C@@]32CC34CN5CCCC[C@]5(C[C@H]3C2(C)C)C(=O)N4)O1. The fourth-order valence-electron chi connectivity index (χ4n) is 8.51. The molecule has 3 spiro atoms. The summed E-state index contributed by atoms with van der Waals surface area (Å²) in [6.45, 7) is 10.2. The highest BCUT2D eigenvalue weighted by Gasteiger charge is 2.77. The van der Waals surface area contributed by atoms with Gasteiger partial charge in [0.05, 0.1) is 22.9 Å². The molecular formula is C27H33N3O4. The molecule has 2 N–H and O–H groups in total. The monoisotopic (exact) mass is 463 g/mol. The van der Waals surface area contributed by atoms with E-state index in [0.29, 0.717) is 23.6 Å². The van der Waals surface area contributed by atoms with Gasteiger partial charge < -0.3 is 20.1 Å². The van der Waals surface area contributed by atoms with Gasteiger partial charge in [-0.05, 0) is 81.5 Å². The molecule has 1 aromatic carbocycles. The van der Waals surface area contributed by atoms with E-state index in [4.69, 9.17) is 9.47 Å². The maximum absolute atomic E-state index is 14.0. The highest BCUT2D eigenvalue weighted by molar-refractivity contribution is 6.09. The van der Waals surface area contributed by atoms with E-state index in [1.54, 1.807) is 6.26 Å². The first-order chi connectivity index (χ1) is 16.0. The Hall–Kier alpha value is -2.54. The quantitative estimate of drug-likeness (QED) is 0.616. The summed E-state index contributed by atoms with van der Waals surface area (Å²) in [4.78, 5) is 30.0. The molecule has 0 aromatic heterocycles. The maximum Gasteiger partial charge on any atom is 0.241 e. The van der Waals surface area contributed by atoms with Crippen LogP contribution in [-0.4, -0.2) is 46.5 Å². The van der Waals surface area contributed by atoms with Crippen LogP contribution in [0.15, 0.2) is 24.5 Å². The van der Waals surface area contributed by atoms with Crippen molar-refractivity contribution >= 4 is 17.5 Å². The zero-order valence-electron chi connectivity index (χ0n) is 20.4. The van der Waals surface area contributed by atoms with Crippen molar-refractivity contribution in [3.8, 4) is 11.5 Å². The van der Waals surface area contributed by atoms with Crippen molar-refractivity contribution in [3.63, 3.8) is 0 Å². The van der Waals surface area contributed by atoms with E-state index in [1.807, 2.05) is 32.1 Å². The lowest BCUT2D eigenvalue weighted by Gasteiger charge is -2.63. The molecule has 8 rings (SSSR count). The number of hydrogen-bond donors (Lipinski definition) is 2. The van der Waals surface area contributed by atoms with Gasteiger partial charge in [-0.15, -0.1) is 0 Å². The second kappa shape index (κ2) is 5.99. The van der Waals surface area contributed by atoms with Crippen molar-refractivity contribution < 1.29 is 19.1 Å². The number of anilines is 1. The number of piperazine rings is 1. The summed E-state index contributed by atoms with van der Waals surface area (Å²) >= 11 is 0. The molecule has 1 unspecified atom stereocenters. The first-order valence-electron chi connectivity index (χ1n) is 12.6. The number of rotatable bonds is 0. The molecule has 1 aromatic rings. The molecule has 6 heterocycles.